The van der Waals surface area contributed by atoms with Gasteiger partial charge in [-0.05, 0) is 37.6 Å². The summed E-state index contributed by atoms with van der Waals surface area (Å²) in [6.07, 6.45) is 2.28. The number of piperidine rings is 1. The Bertz CT molecular complexity index is 487. The van der Waals surface area contributed by atoms with Gasteiger partial charge in [0.2, 0.25) is 5.91 Å². The maximum atomic E-state index is 12.4. The van der Waals surface area contributed by atoms with E-state index >= 15 is 0 Å². The summed E-state index contributed by atoms with van der Waals surface area (Å²) in [7, 11) is 1.64. The molecule has 1 aromatic heterocycles. The summed E-state index contributed by atoms with van der Waals surface area (Å²) in [5.41, 5.74) is 0. The van der Waals surface area contributed by atoms with Crippen LogP contribution in [0.15, 0.2) is 17.5 Å². The zero-order valence-electron chi connectivity index (χ0n) is 12.5. The van der Waals surface area contributed by atoms with E-state index in [0.717, 1.165) is 19.3 Å². The van der Waals surface area contributed by atoms with Gasteiger partial charge in [-0.3, -0.25) is 9.59 Å². The molecule has 5 nitrogen and oxygen atoms in total. The topological polar surface area (TPSA) is 60.9 Å². The lowest BCUT2D eigenvalue weighted by atomic mass is 9.98. The van der Waals surface area contributed by atoms with E-state index in [1.807, 2.05) is 11.4 Å². The molecule has 1 saturated heterocycles. The molecule has 0 radical (unpaired) electrons. The second-order valence-corrected chi connectivity index (χ2v) is 6.48. The molecule has 2 amide bonds. The number of likely N-dealkylation sites (tertiary alicyclic amines) is 1. The molecule has 116 valence electrons. The van der Waals surface area contributed by atoms with E-state index in [9.17, 15) is 14.7 Å². The molecule has 2 rings (SSSR count). The van der Waals surface area contributed by atoms with E-state index in [4.69, 9.17) is 0 Å². The van der Waals surface area contributed by atoms with Crippen LogP contribution >= 0.6 is 11.3 Å². The van der Waals surface area contributed by atoms with Crippen molar-refractivity contribution in [1.82, 2.24) is 9.80 Å². The van der Waals surface area contributed by atoms with Crippen LogP contribution in [0.3, 0.4) is 0 Å². The molecular weight excluding hydrogens is 288 g/mol. The first-order valence-corrected chi connectivity index (χ1v) is 8.15. The number of thiophene rings is 1. The number of aliphatic hydroxyl groups is 1. The van der Waals surface area contributed by atoms with E-state index in [1.165, 1.54) is 16.2 Å². The van der Waals surface area contributed by atoms with Gasteiger partial charge in [-0.2, -0.15) is 0 Å². The second-order valence-electron chi connectivity index (χ2n) is 5.53. The second kappa shape index (κ2) is 7.04. The van der Waals surface area contributed by atoms with Crippen molar-refractivity contribution in [2.45, 2.75) is 38.3 Å². The van der Waals surface area contributed by atoms with Gasteiger partial charge in [0.25, 0.3) is 5.91 Å². The molecule has 0 saturated carbocycles. The fourth-order valence-electron chi connectivity index (χ4n) is 2.72. The zero-order chi connectivity index (χ0) is 15.4. The van der Waals surface area contributed by atoms with Crippen LogP contribution in [0.2, 0.25) is 0 Å². The van der Waals surface area contributed by atoms with E-state index in [2.05, 4.69) is 0 Å². The summed E-state index contributed by atoms with van der Waals surface area (Å²) < 4.78 is 0. The number of aliphatic hydroxyl groups excluding tert-OH is 1. The van der Waals surface area contributed by atoms with Crippen LogP contribution in [0, 0.1) is 0 Å². The Hall–Kier alpha value is -1.40. The van der Waals surface area contributed by atoms with Crippen molar-refractivity contribution >= 4 is 23.2 Å². The number of amides is 2. The molecule has 2 unspecified atom stereocenters. The fraction of sp³-hybridized carbons (Fsp3) is 0.600. The first-order valence-electron chi connectivity index (χ1n) is 7.27. The first kappa shape index (κ1) is 16.0. The highest BCUT2D eigenvalue weighted by atomic mass is 32.1. The van der Waals surface area contributed by atoms with E-state index in [1.54, 1.807) is 24.9 Å². The number of carbonyl (C=O) groups excluding carboxylic acids is 2. The van der Waals surface area contributed by atoms with Gasteiger partial charge in [0.05, 0.1) is 23.6 Å². The third-order valence-electron chi connectivity index (χ3n) is 3.88. The van der Waals surface area contributed by atoms with Gasteiger partial charge in [-0.15, -0.1) is 11.3 Å². The minimum absolute atomic E-state index is 0.0555. The zero-order valence-corrected chi connectivity index (χ0v) is 13.3. The van der Waals surface area contributed by atoms with Gasteiger partial charge in [-0.1, -0.05) is 6.07 Å². The average molecular weight is 310 g/mol. The van der Waals surface area contributed by atoms with Gasteiger partial charge in [0.15, 0.2) is 0 Å². The molecule has 1 fully saturated rings. The third-order valence-corrected chi connectivity index (χ3v) is 4.74. The van der Waals surface area contributed by atoms with Crippen LogP contribution in [0.5, 0.6) is 0 Å². The molecule has 1 aromatic rings. The summed E-state index contributed by atoms with van der Waals surface area (Å²) in [6, 6.07) is 3.45. The number of likely N-dealkylation sites (N-methyl/N-ethyl adjacent to an activating group) is 1. The summed E-state index contributed by atoms with van der Waals surface area (Å²) in [5.74, 6) is -0.225. The van der Waals surface area contributed by atoms with Gasteiger partial charge in [0, 0.05) is 13.6 Å². The molecule has 21 heavy (non-hydrogen) atoms. The first-order chi connectivity index (χ1) is 10.0. The molecule has 1 aliphatic rings. The highest BCUT2D eigenvalue weighted by Crippen LogP contribution is 2.20. The Morgan fingerprint density at radius 2 is 2.29 bits per heavy atom. The van der Waals surface area contributed by atoms with Crippen molar-refractivity contribution in [3.05, 3.63) is 22.4 Å². The molecular formula is C15H22N2O3S. The fourth-order valence-corrected chi connectivity index (χ4v) is 3.44. The highest BCUT2D eigenvalue weighted by Gasteiger charge is 2.30. The van der Waals surface area contributed by atoms with Gasteiger partial charge in [-0.25, -0.2) is 0 Å². The monoisotopic (exact) mass is 310 g/mol. The maximum absolute atomic E-state index is 12.4. The standard InChI is InChI=1S/C15H22N2O3S/c1-11(18)12-6-3-4-8-17(12)14(19)10-16(2)15(20)13-7-5-9-21-13/h5,7,9,11-12,18H,3-4,6,8,10H2,1-2H3. The predicted octanol–water partition coefficient (Wildman–Crippen LogP) is 1.58. The Labute approximate surface area is 129 Å². The number of nitrogens with zero attached hydrogens (tertiary/aromatic N) is 2. The normalized spacial score (nSPS) is 20.1. The van der Waals surface area contributed by atoms with Crippen LogP contribution in [-0.2, 0) is 4.79 Å². The number of hydrogen-bond donors (Lipinski definition) is 1. The van der Waals surface area contributed by atoms with Crippen LogP contribution in [0.1, 0.15) is 35.9 Å². The van der Waals surface area contributed by atoms with E-state index in [0.29, 0.717) is 11.4 Å². The van der Waals surface area contributed by atoms with Gasteiger partial charge >= 0.3 is 0 Å². The Kier molecular flexibility index (Phi) is 5.36. The van der Waals surface area contributed by atoms with Gasteiger partial charge in [0.1, 0.15) is 0 Å². The van der Waals surface area contributed by atoms with E-state index in [-0.39, 0.29) is 24.4 Å². The molecule has 0 bridgehead atoms. The lowest BCUT2D eigenvalue weighted by molar-refractivity contribution is -0.138. The number of hydrogen-bond acceptors (Lipinski definition) is 4. The van der Waals surface area contributed by atoms with Crippen LogP contribution < -0.4 is 0 Å². The number of rotatable bonds is 4. The Balaban J connectivity index is 1.98. The van der Waals surface area contributed by atoms with Crippen LogP contribution in [0.4, 0.5) is 0 Å². The molecule has 0 aliphatic carbocycles. The van der Waals surface area contributed by atoms with Crippen molar-refractivity contribution in [1.29, 1.82) is 0 Å². The van der Waals surface area contributed by atoms with Crippen LogP contribution in [0.25, 0.3) is 0 Å². The molecule has 2 heterocycles. The predicted molar refractivity (Wildman–Crippen MR) is 82.3 cm³/mol. The maximum Gasteiger partial charge on any atom is 0.264 e. The Morgan fingerprint density at radius 1 is 1.52 bits per heavy atom. The van der Waals surface area contributed by atoms with Crippen LogP contribution in [-0.4, -0.2) is 59.0 Å². The number of carbonyl (C=O) groups is 2. The van der Waals surface area contributed by atoms with E-state index < -0.39 is 6.10 Å². The third kappa shape index (κ3) is 3.83. The highest BCUT2D eigenvalue weighted by molar-refractivity contribution is 7.12. The quantitative estimate of drug-likeness (QED) is 0.918. The summed E-state index contributed by atoms with van der Waals surface area (Å²) in [4.78, 5) is 28.4. The molecule has 6 heteroatoms. The minimum Gasteiger partial charge on any atom is -0.391 e. The molecule has 0 spiro atoms. The van der Waals surface area contributed by atoms with Crippen molar-refractivity contribution in [3.8, 4) is 0 Å². The summed E-state index contributed by atoms with van der Waals surface area (Å²) in [6.45, 7) is 2.44. The summed E-state index contributed by atoms with van der Waals surface area (Å²) >= 11 is 1.37. The lowest BCUT2D eigenvalue weighted by Crippen LogP contribution is -2.52. The molecule has 2 atom stereocenters. The van der Waals surface area contributed by atoms with Crippen molar-refractivity contribution in [2.75, 3.05) is 20.1 Å². The average Bonchev–Trinajstić information content (AvgIpc) is 3.00. The minimum atomic E-state index is -0.535. The summed E-state index contributed by atoms with van der Waals surface area (Å²) in [5, 5.41) is 11.7. The largest absolute Gasteiger partial charge is 0.391 e. The Morgan fingerprint density at radius 3 is 2.90 bits per heavy atom. The molecule has 1 aliphatic heterocycles. The molecule has 0 aromatic carbocycles. The SMILES string of the molecule is CC(O)C1CCCCN1C(=O)CN(C)C(=O)c1cccs1. The smallest absolute Gasteiger partial charge is 0.264 e. The van der Waals surface area contributed by atoms with Crippen molar-refractivity contribution < 1.29 is 14.7 Å². The van der Waals surface area contributed by atoms with Gasteiger partial charge < -0.3 is 14.9 Å². The lowest BCUT2D eigenvalue weighted by Gasteiger charge is -2.38. The van der Waals surface area contributed by atoms with Crippen molar-refractivity contribution in [3.63, 3.8) is 0 Å². The van der Waals surface area contributed by atoms with Crippen molar-refractivity contribution in [2.24, 2.45) is 0 Å². The molecule has 1 N–H and O–H groups in total.